The van der Waals surface area contributed by atoms with E-state index in [9.17, 15) is 0 Å². The van der Waals surface area contributed by atoms with Gasteiger partial charge >= 0.3 is 0 Å². The van der Waals surface area contributed by atoms with E-state index in [4.69, 9.17) is 10.5 Å². The molecule has 0 bridgehead atoms. The number of hydrogen-bond donors (Lipinski definition) is 1. The number of rotatable bonds is 4. The van der Waals surface area contributed by atoms with Crippen LogP contribution in [0.25, 0.3) is 0 Å². The van der Waals surface area contributed by atoms with Gasteiger partial charge in [0.1, 0.15) is 0 Å². The first-order valence-electron chi connectivity index (χ1n) is 7.23. The fourth-order valence-electron chi connectivity index (χ4n) is 3.20. The maximum atomic E-state index is 6.50. The molecule has 1 fully saturated rings. The fraction of sp³-hybridized carbons (Fsp3) is 1.00. The van der Waals surface area contributed by atoms with Gasteiger partial charge in [0.25, 0.3) is 0 Å². The topological polar surface area (TPSA) is 35.2 Å². The lowest BCUT2D eigenvalue weighted by molar-refractivity contribution is -0.0447. The quantitative estimate of drug-likeness (QED) is 0.816. The van der Waals surface area contributed by atoms with Crippen LogP contribution in [0.4, 0.5) is 0 Å². The molecule has 1 rings (SSSR count). The molecule has 17 heavy (non-hydrogen) atoms. The van der Waals surface area contributed by atoms with Crippen LogP contribution in [0.15, 0.2) is 0 Å². The molecule has 0 aromatic rings. The van der Waals surface area contributed by atoms with E-state index in [1.807, 2.05) is 0 Å². The summed E-state index contributed by atoms with van der Waals surface area (Å²) in [6, 6.07) is 0.192. The Morgan fingerprint density at radius 3 is 2.41 bits per heavy atom. The lowest BCUT2D eigenvalue weighted by atomic mass is 9.73. The highest BCUT2D eigenvalue weighted by molar-refractivity contribution is 4.90. The highest BCUT2D eigenvalue weighted by atomic mass is 16.5. The molecule has 0 heterocycles. The predicted molar refractivity (Wildman–Crippen MR) is 74.0 cm³/mol. The smallest absolute Gasteiger partial charge is 0.0776 e. The molecule has 0 saturated heterocycles. The van der Waals surface area contributed by atoms with E-state index in [0.717, 1.165) is 12.5 Å². The van der Waals surface area contributed by atoms with Crippen molar-refractivity contribution in [1.29, 1.82) is 0 Å². The van der Waals surface area contributed by atoms with Crippen molar-refractivity contribution in [3.05, 3.63) is 0 Å². The van der Waals surface area contributed by atoms with Crippen LogP contribution < -0.4 is 5.73 Å². The van der Waals surface area contributed by atoms with E-state index in [0.29, 0.717) is 5.92 Å². The van der Waals surface area contributed by atoms with Gasteiger partial charge < -0.3 is 10.5 Å². The monoisotopic (exact) mass is 241 g/mol. The van der Waals surface area contributed by atoms with Crippen LogP contribution >= 0.6 is 0 Å². The second-order valence-electron chi connectivity index (χ2n) is 6.85. The van der Waals surface area contributed by atoms with E-state index in [2.05, 4.69) is 34.6 Å². The van der Waals surface area contributed by atoms with E-state index in [1.54, 1.807) is 0 Å². The van der Waals surface area contributed by atoms with Crippen molar-refractivity contribution >= 4 is 0 Å². The molecule has 4 unspecified atom stereocenters. The van der Waals surface area contributed by atoms with Gasteiger partial charge in [0.15, 0.2) is 0 Å². The molecule has 0 aromatic carbocycles. The molecular formula is C15H31NO. The highest BCUT2D eigenvalue weighted by Gasteiger charge is 2.36. The summed E-state index contributed by atoms with van der Waals surface area (Å²) in [7, 11) is 0. The number of hydrogen-bond acceptors (Lipinski definition) is 2. The van der Waals surface area contributed by atoms with Gasteiger partial charge in [-0.05, 0) is 37.0 Å². The fourth-order valence-corrected chi connectivity index (χ4v) is 3.20. The summed E-state index contributed by atoms with van der Waals surface area (Å²) in [5.74, 6) is 1.48. The molecule has 1 aliphatic carbocycles. The number of nitrogens with two attached hydrogens (primary N) is 1. The van der Waals surface area contributed by atoms with E-state index >= 15 is 0 Å². The van der Waals surface area contributed by atoms with Gasteiger partial charge in [0, 0.05) is 12.6 Å². The summed E-state index contributed by atoms with van der Waals surface area (Å²) in [5, 5.41) is 0. The van der Waals surface area contributed by atoms with Crippen molar-refractivity contribution in [2.75, 3.05) is 6.61 Å². The molecule has 0 radical (unpaired) electrons. The van der Waals surface area contributed by atoms with Crippen molar-refractivity contribution in [2.24, 2.45) is 23.0 Å². The second kappa shape index (κ2) is 6.19. The highest BCUT2D eigenvalue weighted by Crippen LogP contribution is 2.35. The van der Waals surface area contributed by atoms with Gasteiger partial charge in [0.2, 0.25) is 0 Å². The van der Waals surface area contributed by atoms with Gasteiger partial charge in [-0.25, -0.2) is 0 Å². The van der Waals surface area contributed by atoms with Crippen LogP contribution in [0.2, 0.25) is 0 Å². The Morgan fingerprint density at radius 2 is 1.94 bits per heavy atom. The van der Waals surface area contributed by atoms with Gasteiger partial charge in [-0.1, -0.05) is 40.5 Å². The summed E-state index contributed by atoms with van der Waals surface area (Å²) < 4.78 is 5.93. The Bertz CT molecular complexity index is 221. The van der Waals surface area contributed by atoms with E-state index < -0.39 is 0 Å². The molecule has 1 saturated carbocycles. The molecule has 2 N–H and O–H groups in total. The van der Waals surface area contributed by atoms with Gasteiger partial charge in [-0.15, -0.1) is 0 Å². The Morgan fingerprint density at radius 1 is 1.29 bits per heavy atom. The lowest BCUT2D eigenvalue weighted by Gasteiger charge is -2.41. The molecule has 4 atom stereocenters. The normalized spacial score (nSPS) is 30.0. The Kier molecular flexibility index (Phi) is 5.46. The van der Waals surface area contributed by atoms with Crippen molar-refractivity contribution < 1.29 is 4.74 Å². The van der Waals surface area contributed by atoms with Crippen molar-refractivity contribution in [3.8, 4) is 0 Å². The summed E-state index contributed by atoms with van der Waals surface area (Å²) >= 11 is 0. The number of ether oxygens (including phenoxy) is 1. The molecule has 0 amide bonds. The molecule has 2 nitrogen and oxygen atoms in total. The average Bonchev–Trinajstić information content (AvgIpc) is 2.23. The van der Waals surface area contributed by atoms with Crippen LogP contribution in [0, 0.1) is 17.3 Å². The third kappa shape index (κ3) is 4.26. The molecule has 1 aliphatic rings. The van der Waals surface area contributed by atoms with Crippen LogP contribution in [0.5, 0.6) is 0 Å². The van der Waals surface area contributed by atoms with Crippen LogP contribution in [-0.2, 0) is 4.74 Å². The van der Waals surface area contributed by atoms with Crippen LogP contribution in [0.3, 0.4) is 0 Å². The first-order valence-corrected chi connectivity index (χ1v) is 7.23. The van der Waals surface area contributed by atoms with Gasteiger partial charge in [-0.2, -0.15) is 0 Å². The Balaban J connectivity index is 2.66. The average molecular weight is 241 g/mol. The summed E-state index contributed by atoms with van der Waals surface area (Å²) in [5.41, 5.74) is 6.64. The second-order valence-corrected chi connectivity index (χ2v) is 6.85. The predicted octanol–water partition coefficient (Wildman–Crippen LogP) is 3.59. The SMILES string of the molecule is CCOC(C(N)C1CCCC(C)C1)C(C)(C)C. The first kappa shape index (κ1) is 15.0. The third-order valence-corrected chi connectivity index (χ3v) is 4.07. The molecule has 0 spiro atoms. The molecule has 0 aromatic heterocycles. The Hall–Kier alpha value is -0.0800. The summed E-state index contributed by atoms with van der Waals surface area (Å²) in [6.07, 6.45) is 5.45. The maximum Gasteiger partial charge on any atom is 0.0776 e. The summed E-state index contributed by atoms with van der Waals surface area (Å²) in [4.78, 5) is 0. The Labute approximate surface area is 107 Å². The van der Waals surface area contributed by atoms with E-state index in [-0.39, 0.29) is 17.6 Å². The largest absolute Gasteiger partial charge is 0.376 e. The minimum absolute atomic E-state index is 0.135. The third-order valence-electron chi connectivity index (χ3n) is 4.07. The van der Waals surface area contributed by atoms with E-state index in [1.165, 1.54) is 25.7 Å². The molecule has 0 aliphatic heterocycles. The van der Waals surface area contributed by atoms with Crippen molar-refractivity contribution in [1.82, 2.24) is 0 Å². The molecule has 2 heteroatoms. The van der Waals surface area contributed by atoms with Crippen molar-refractivity contribution in [2.45, 2.75) is 72.4 Å². The van der Waals surface area contributed by atoms with Gasteiger partial charge in [0.05, 0.1) is 6.10 Å². The maximum absolute atomic E-state index is 6.50. The minimum atomic E-state index is 0.135. The van der Waals surface area contributed by atoms with Crippen LogP contribution in [0.1, 0.15) is 60.3 Å². The van der Waals surface area contributed by atoms with Crippen molar-refractivity contribution in [3.63, 3.8) is 0 Å². The summed E-state index contributed by atoms with van der Waals surface area (Å²) in [6.45, 7) is 11.9. The zero-order chi connectivity index (χ0) is 13.1. The molecular weight excluding hydrogens is 210 g/mol. The molecule has 102 valence electrons. The minimum Gasteiger partial charge on any atom is -0.376 e. The standard InChI is InChI=1S/C15H31NO/c1-6-17-14(15(3,4)5)13(16)12-9-7-8-11(2)10-12/h11-14H,6-10,16H2,1-5H3. The van der Waals surface area contributed by atoms with Crippen LogP contribution in [-0.4, -0.2) is 18.8 Å². The zero-order valence-electron chi connectivity index (χ0n) is 12.3. The zero-order valence-corrected chi connectivity index (χ0v) is 12.3. The first-order chi connectivity index (χ1) is 7.86. The lowest BCUT2D eigenvalue weighted by Crippen LogP contribution is -2.50. The van der Waals surface area contributed by atoms with Gasteiger partial charge in [-0.3, -0.25) is 0 Å².